The highest BCUT2D eigenvalue weighted by Gasteiger charge is 2.25. The Balaban J connectivity index is 3.31. The molecule has 0 saturated heterocycles. The van der Waals surface area contributed by atoms with Crippen LogP contribution in [0.3, 0.4) is 0 Å². The van der Waals surface area contributed by atoms with Crippen molar-refractivity contribution in [3.8, 4) is 0 Å². The van der Waals surface area contributed by atoms with Gasteiger partial charge in [-0.3, -0.25) is 9.59 Å². The fourth-order valence-electron chi connectivity index (χ4n) is 1.64. The van der Waals surface area contributed by atoms with E-state index in [0.29, 0.717) is 21.9 Å². The van der Waals surface area contributed by atoms with Gasteiger partial charge in [-0.2, -0.15) is 0 Å². The molecule has 1 heterocycles. The van der Waals surface area contributed by atoms with Gasteiger partial charge in [0.2, 0.25) is 5.91 Å². The third-order valence-electron chi connectivity index (χ3n) is 2.49. The Morgan fingerprint density at radius 3 is 2.37 bits per heavy atom. The summed E-state index contributed by atoms with van der Waals surface area (Å²) in [6.07, 6.45) is 0.350. The van der Waals surface area contributed by atoms with Crippen LogP contribution in [0.2, 0.25) is 0 Å². The summed E-state index contributed by atoms with van der Waals surface area (Å²) in [7, 11) is 0. The lowest BCUT2D eigenvalue weighted by atomic mass is 10.1. The molecule has 19 heavy (non-hydrogen) atoms. The highest BCUT2D eigenvalue weighted by atomic mass is 32.1. The van der Waals surface area contributed by atoms with Crippen molar-refractivity contribution >= 4 is 34.0 Å². The lowest BCUT2D eigenvalue weighted by Crippen LogP contribution is -2.11. The van der Waals surface area contributed by atoms with Crippen LogP contribution in [0.4, 0.5) is 5.00 Å². The van der Waals surface area contributed by atoms with Crippen LogP contribution in [-0.4, -0.2) is 24.3 Å². The number of ketones is 1. The summed E-state index contributed by atoms with van der Waals surface area (Å²) in [6.45, 7) is 6.74. The number of Topliss-reactive ketones (excluding diaryl/α,β-unsaturated/α-hetero) is 1. The zero-order chi connectivity index (χ0) is 14.6. The highest BCUT2D eigenvalue weighted by molar-refractivity contribution is 7.18. The van der Waals surface area contributed by atoms with Crippen molar-refractivity contribution in [3.05, 3.63) is 16.0 Å². The molecule has 0 fully saturated rings. The number of carbonyl (C=O) groups excluding carboxylic acids is 3. The first-order valence-corrected chi connectivity index (χ1v) is 6.85. The molecule has 6 heteroatoms. The first-order valence-electron chi connectivity index (χ1n) is 6.03. The molecule has 1 aromatic rings. The molecule has 5 nitrogen and oxygen atoms in total. The topological polar surface area (TPSA) is 72.5 Å². The van der Waals surface area contributed by atoms with E-state index in [2.05, 4.69) is 5.32 Å². The molecule has 0 spiro atoms. The predicted molar refractivity (Wildman–Crippen MR) is 73.9 cm³/mol. The number of nitrogens with one attached hydrogen (secondary N) is 1. The summed E-state index contributed by atoms with van der Waals surface area (Å²) in [5, 5.41) is 2.95. The van der Waals surface area contributed by atoms with Gasteiger partial charge in [0.25, 0.3) is 0 Å². The fraction of sp³-hybridized carbons (Fsp3) is 0.462. The van der Waals surface area contributed by atoms with Crippen LogP contribution in [0.15, 0.2) is 0 Å². The van der Waals surface area contributed by atoms with E-state index in [1.165, 1.54) is 6.92 Å². The monoisotopic (exact) mass is 283 g/mol. The Kier molecular flexibility index (Phi) is 5.23. The van der Waals surface area contributed by atoms with Crippen LogP contribution < -0.4 is 5.32 Å². The lowest BCUT2D eigenvalue weighted by Gasteiger charge is -2.05. The van der Waals surface area contributed by atoms with Crippen LogP contribution >= 0.6 is 11.3 Å². The minimum atomic E-state index is -0.518. The molecule has 0 aliphatic heterocycles. The van der Waals surface area contributed by atoms with Crippen molar-refractivity contribution < 1.29 is 19.1 Å². The molecule has 0 unspecified atom stereocenters. The number of hydrogen-bond donors (Lipinski definition) is 1. The van der Waals surface area contributed by atoms with E-state index in [9.17, 15) is 14.4 Å². The van der Waals surface area contributed by atoms with Crippen molar-refractivity contribution in [2.24, 2.45) is 0 Å². The summed E-state index contributed by atoms with van der Waals surface area (Å²) in [4.78, 5) is 35.4. The average Bonchev–Trinajstić information content (AvgIpc) is 2.64. The van der Waals surface area contributed by atoms with E-state index in [4.69, 9.17) is 4.74 Å². The standard InChI is InChI=1S/C13H17NO4S/c1-5-9(16)11-7(3)10(13(17)18-6-2)12(19-11)14-8(4)15/h5-6H2,1-4H3,(H,14,15). The maximum atomic E-state index is 11.9. The highest BCUT2D eigenvalue weighted by Crippen LogP contribution is 2.34. The number of esters is 1. The number of amides is 1. The Labute approximate surface area is 116 Å². The molecular weight excluding hydrogens is 266 g/mol. The molecule has 0 radical (unpaired) electrons. The minimum Gasteiger partial charge on any atom is -0.462 e. The Bertz CT molecular complexity index is 519. The van der Waals surface area contributed by atoms with Crippen molar-refractivity contribution in [1.82, 2.24) is 0 Å². The molecule has 0 aliphatic carbocycles. The van der Waals surface area contributed by atoms with E-state index < -0.39 is 5.97 Å². The predicted octanol–water partition coefficient (Wildman–Crippen LogP) is 2.78. The number of thiophene rings is 1. The van der Waals surface area contributed by atoms with Crippen molar-refractivity contribution in [2.45, 2.75) is 34.1 Å². The van der Waals surface area contributed by atoms with Gasteiger partial charge >= 0.3 is 5.97 Å². The smallest absolute Gasteiger partial charge is 0.341 e. The molecule has 0 aliphatic rings. The van der Waals surface area contributed by atoms with Crippen molar-refractivity contribution in [1.29, 1.82) is 0 Å². The molecule has 0 aromatic carbocycles. The Hall–Kier alpha value is -1.69. The molecule has 0 bridgehead atoms. The van der Waals surface area contributed by atoms with Gasteiger partial charge in [-0.15, -0.1) is 11.3 Å². The fourth-order valence-corrected chi connectivity index (χ4v) is 2.89. The van der Waals surface area contributed by atoms with Crippen LogP contribution in [0.25, 0.3) is 0 Å². The van der Waals surface area contributed by atoms with Crippen LogP contribution in [-0.2, 0) is 9.53 Å². The number of anilines is 1. The Morgan fingerprint density at radius 1 is 1.26 bits per heavy atom. The van der Waals surface area contributed by atoms with Crippen LogP contribution in [0, 0.1) is 6.92 Å². The van der Waals surface area contributed by atoms with Gasteiger partial charge in [-0.1, -0.05) is 6.92 Å². The summed E-state index contributed by atoms with van der Waals surface area (Å²) < 4.78 is 4.96. The number of rotatable bonds is 5. The van der Waals surface area contributed by atoms with Gasteiger partial charge < -0.3 is 10.1 Å². The van der Waals surface area contributed by atoms with Gasteiger partial charge in [-0.05, 0) is 19.4 Å². The van der Waals surface area contributed by atoms with Crippen LogP contribution in [0.1, 0.15) is 52.8 Å². The quantitative estimate of drug-likeness (QED) is 0.666. The van der Waals surface area contributed by atoms with Gasteiger partial charge in [0.15, 0.2) is 5.78 Å². The maximum absolute atomic E-state index is 11.9. The van der Waals surface area contributed by atoms with E-state index >= 15 is 0 Å². The zero-order valence-corrected chi connectivity index (χ0v) is 12.3. The molecule has 1 amide bonds. The first-order chi connectivity index (χ1) is 8.92. The Morgan fingerprint density at radius 2 is 1.89 bits per heavy atom. The summed E-state index contributed by atoms with van der Waals surface area (Å²) in [5.74, 6) is -0.859. The van der Waals surface area contributed by atoms with Gasteiger partial charge in [-0.25, -0.2) is 4.79 Å². The zero-order valence-electron chi connectivity index (χ0n) is 11.5. The second kappa shape index (κ2) is 6.47. The third kappa shape index (κ3) is 3.41. The van der Waals surface area contributed by atoms with E-state index in [0.717, 1.165) is 11.3 Å². The second-order valence-corrected chi connectivity index (χ2v) is 4.96. The largest absolute Gasteiger partial charge is 0.462 e. The van der Waals surface area contributed by atoms with Crippen molar-refractivity contribution in [2.75, 3.05) is 11.9 Å². The molecule has 1 N–H and O–H groups in total. The number of ether oxygens (including phenoxy) is 1. The molecule has 0 atom stereocenters. The maximum Gasteiger partial charge on any atom is 0.341 e. The molecular formula is C13H17NO4S. The summed E-state index contributed by atoms with van der Waals surface area (Å²) in [6, 6.07) is 0. The third-order valence-corrected chi connectivity index (χ3v) is 3.74. The van der Waals surface area contributed by atoms with E-state index in [1.54, 1.807) is 20.8 Å². The van der Waals surface area contributed by atoms with Crippen LogP contribution in [0.5, 0.6) is 0 Å². The van der Waals surface area contributed by atoms with Crippen molar-refractivity contribution in [3.63, 3.8) is 0 Å². The molecule has 0 saturated carbocycles. The van der Waals surface area contributed by atoms with Gasteiger partial charge in [0.05, 0.1) is 17.0 Å². The van der Waals surface area contributed by atoms with E-state index in [1.807, 2.05) is 0 Å². The molecule has 104 valence electrons. The van der Waals surface area contributed by atoms with E-state index in [-0.39, 0.29) is 23.9 Å². The second-order valence-electron chi connectivity index (χ2n) is 3.94. The lowest BCUT2D eigenvalue weighted by molar-refractivity contribution is -0.114. The number of carbonyl (C=O) groups is 3. The van der Waals surface area contributed by atoms with Gasteiger partial charge in [0.1, 0.15) is 5.00 Å². The first kappa shape index (κ1) is 15.4. The number of hydrogen-bond acceptors (Lipinski definition) is 5. The summed E-state index contributed by atoms with van der Waals surface area (Å²) in [5.41, 5.74) is 0.845. The SMILES string of the molecule is CCOC(=O)c1c(NC(C)=O)sc(C(=O)CC)c1C. The minimum absolute atomic E-state index is 0.0512. The molecule has 1 rings (SSSR count). The normalized spacial score (nSPS) is 10.1. The molecule has 1 aromatic heterocycles. The average molecular weight is 283 g/mol. The summed E-state index contributed by atoms with van der Waals surface area (Å²) >= 11 is 1.12. The van der Waals surface area contributed by atoms with Gasteiger partial charge in [0, 0.05) is 13.3 Å².